The van der Waals surface area contributed by atoms with Gasteiger partial charge in [-0.3, -0.25) is 0 Å². The summed E-state index contributed by atoms with van der Waals surface area (Å²) in [4.78, 5) is 4.24. The molecule has 0 unspecified atom stereocenters. The second-order valence-corrected chi connectivity index (χ2v) is 3.78. The molecule has 2 aliphatic rings. The van der Waals surface area contributed by atoms with Crippen LogP contribution in [0.2, 0.25) is 0 Å². The minimum Gasteiger partial charge on any atom is -0.484 e. The summed E-state index contributed by atoms with van der Waals surface area (Å²) in [5.41, 5.74) is -0.0238. The number of hydrogen-bond donors (Lipinski definition) is 0. The normalized spacial score (nSPS) is 24.5. The summed E-state index contributed by atoms with van der Waals surface area (Å²) in [6.45, 7) is 5.38. The summed E-state index contributed by atoms with van der Waals surface area (Å²) in [5, 5.41) is 0. The standard InChI is InChI=1S/C10H13NO2/c1-10(2)4-3-8-9(11-7-10)13-6-5-12-8/h3-4,7H,5-6H2,1-2H3. The fourth-order valence-corrected chi connectivity index (χ4v) is 1.20. The third-order valence-electron chi connectivity index (χ3n) is 1.97. The van der Waals surface area contributed by atoms with E-state index in [0.717, 1.165) is 5.76 Å². The van der Waals surface area contributed by atoms with Gasteiger partial charge in [-0.25, -0.2) is 4.99 Å². The summed E-state index contributed by atoms with van der Waals surface area (Å²) < 4.78 is 10.8. The molecule has 2 rings (SSSR count). The fourth-order valence-electron chi connectivity index (χ4n) is 1.20. The molecule has 0 aromatic carbocycles. The van der Waals surface area contributed by atoms with Gasteiger partial charge in [-0.15, -0.1) is 0 Å². The molecule has 0 spiro atoms. The first-order valence-electron chi connectivity index (χ1n) is 4.42. The number of rotatable bonds is 0. The molecule has 3 nitrogen and oxygen atoms in total. The van der Waals surface area contributed by atoms with Gasteiger partial charge >= 0.3 is 0 Å². The Labute approximate surface area is 77.8 Å². The highest BCUT2D eigenvalue weighted by molar-refractivity contribution is 5.69. The van der Waals surface area contributed by atoms with E-state index in [9.17, 15) is 0 Å². The van der Waals surface area contributed by atoms with Crippen molar-refractivity contribution in [3.63, 3.8) is 0 Å². The Balaban J connectivity index is 2.32. The van der Waals surface area contributed by atoms with Gasteiger partial charge < -0.3 is 9.47 Å². The van der Waals surface area contributed by atoms with Gasteiger partial charge in [0.15, 0.2) is 5.76 Å². The van der Waals surface area contributed by atoms with E-state index in [1.165, 1.54) is 0 Å². The Morgan fingerprint density at radius 2 is 2.08 bits per heavy atom. The van der Waals surface area contributed by atoms with Crippen molar-refractivity contribution in [2.75, 3.05) is 13.2 Å². The van der Waals surface area contributed by atoms with Crippen LogP contribution in [0.3, 0.4) is 0 Å². The highest BCUT2D eigenvalue weighted by atomic mass is 16.6. The monoisotopic (exact) mass is 179 g/mol. The van der Waals surface area contributed by atoms with Gasteiger partial charge in [0.05, 0.1) is 0 Å². The molecule has 13 heavy (non-hydrogen) atoms. The van der Waals surface area contributed by atoms with E-state index in [1.54, 1.807) is 0 Å². The Morgan fingerprint density at radius 3 is 2.92 bits per heavy atom. The lowest BCUT2D eigenvalue weighted by molar-refractivity contribution is 0.0690. The molecule has 70 valence electrons. The van der Waals surface area contributed by atoms with Crippen molar-refractivity contribution in [1.29, 1.82) is 0 Å². The zero-order valence-electron chi connectivity index (χ0n) is 7.91. The van der Waals surface area contributed by atoms with E-state index < -0.39 is 0 Å². The van der Waals surface area contributed by atoms with Gasteiger partial charge in [-0.05, 0) is 6.08 Å². The number of ether oxygens (including phenoxy) is 2. The summed E-state index contributed by atoms with van der Waals surface area (Å²) in [7, 11) is 0. The summed E-state index contributed by atoms with van der Waals surface area (Å²) >= 11 is 0. The zero-order valence-corrected chi connectivity index (χ0v) is 7.91. The number of hydrogen-bond acceptors (Lipinski definition) is 3. The van der Waals surface area contributed by atoms with Crippen LogP contribution in [0.25, 0.3) is 0 Å². The highest BCUT2D eigenvalue weighted by Gasteiger charge is 2.19. The lowest BCUT2D eigenvalue weighted by atomic mass is 9.95. The Kier molecular flexibility index (Phi) is 1.87. The second kappa shape index (κ2) is 2.91. The first kappa shape index (κ1) is 8.35. The van der Waals surface area contributed by atoms with Crippen LogP contribution < -0.4 is 0 Å². The average Bonchev–Trinajstić information content (AvgIpc) is 2.27. The molecule has 0 radical (unpaired) electrons. The lowest BCUT2D eigenvalue weighted by Gasteiger charge is -2.16. The Hall–Kier alpha value is -1.25. The predicted molar refractivity (Wildman–Crippen MR) is 50.3 cm³/mol. The molecular weight excluding hydrogens is 166 g/mol. The van der Waals surface area contributed by atoms with Crippen molar-refractivity contribution in [3.8, 4) is 0 Å². The third-order valence-corrected chi connectivity index (χ3v) is 1.97. The van der Waals surface area contributed by atoms with Crippen molar-refractivity contribution in [3.05, 3.63) is 23.8 Å². The molecule has 0 atom stereocenters. The molecule has 2 aliphatic heterocycles. The maximum atomic E-state index is 5.41. The van der Waals surface area contributed by atoms with Crippen LogP contribution in [0.4, 0.5) is 0 Å². The van der Waals surface area contributed by atoms with E-state index in [2.05, 4.69) is 24.9 Å². The van der Waals surface area contributed by atoms with Crippen molar-refractivity contribution in [2.45, 2.75) is 13.8 Å². The molecule has 2 heterocycles. The molecule has 0 aromatic rings. The minimum atomic E-state index is -0.0238. The Bertz CT molecular complexity index is 272. The molecule has 3 heteroatoms. The molecular formula is C10H13NO2. The molecule has 0 fully saturated rings. The van der Waals surface area contributed by atoms with Crippen molar-refractivity contribution >= 4 is 6.21 Å². The first-order chi connectivity index (χ1) is 6.17. The molecule has 0 saturated carbocycles. The number of allylic oxidation sites excluding steroid dienone is 2. The lowest BCUT2D eigenvalue weighted by Crippen LogP contribution is -2.11. The molecule has 0 N–H and O–H groups in total. The summed E-state index contributed by atoms with van der Waals surface area (Å²) in [6.07, 6.45) is 5.87. The van der Waals surface area contributed by atoms with Gasteiger partial charge in [-0.1, -0.05) is 19.9 Å². The van der Waals surface area contributed by atoms with Gasteiger partial charge in [0.1, 0.15) is 13.2 Å². The van der Waals surface area contributed by atoms with Crippen LogP contribution in [-0.4, -0.2) is 19.4 Å². The molecule has 0 bridgehead atoms. The van der Waals surface area contributed by atoms with E-state index in [0.29, 0.717) is 19.1 Å². The first-order valence-corrected chi connectivity index (χ1v) is 4.42. The predicted octanol–water partition coefficient (Wildman–Crippen LogP) is 1.87. The molecule has 0 aliphatic carbocycles. The van der Waals surface area contributed by atoms with Crippen molar-refractivity contribution < 1.29 is 9.47 Å². The van der Waals surface area contributed by atoms with Crippen LogP contribution in [0.1, 0.15) is 13.8 Å². The SMILES string of the molecule is CC1(C)C=CC2=C(N=C1)OCCO2. The Morgan fingerprint density at radius 1 is 1.31 bits per heavy atom. The number of aliphatic imine (C=N–C) groups is 1. The van der Waals surface area contributed by atoms with E-state index in [4.69, 9.17) is 9.47 Å². The fraction of sp³-hybridized carbons (Fsp3) is 0.500. The average molecular weight is 179 g/mol. The number of nitrogens with zero attached hydrogens (tertiary/aromatic N) is 1. The maximum Gasteiger partial charge on any atom is 0.256 e. The van der Waals surface area contributed by atoms with Crippen LogP contribution in [0.5, 0.6) is 0 Å². The van der Waals surface area contributed by atoms with Gasteiger partial charge in [0.2, 0.25) is 0 Å². The summed E-state index contributed by atoms with van der Waals surface area (Å²) in [5.74, 6) is 1.35. The highest BCUT2D eigenvalue weighted by Crippen LogP contribution is 2.24. The van der Waals surface area contributed by atoms with Gasteiger partial charge in [0.25, 0.3) is 5.88 Å². The van der Waals surface area contributed by atoms with Crippen molar-refractivity contribution in [1.82, 2.24) is 0 Å². The molecule has 0 aromatic heterocycles. The van der Waals surface area contributed by atoms with Gasteiger partial charge in [-0.2, -0.15) is 0 Å². The minimum absolute atomic E-state index is 0.0238. The topological polar surface area (TPSA) is 30.8 Å². The molecule has 0 saturated heterocycles. The van der Waals surface area contributed by atoms with E-state index >= 15 is 0 Å². The third kappa shape index (κ3) is 1.74. The van der Waals surface area contributed by atoms with Gasteiger partial charge in [0, 0.05) is 11.6 Å². The second-order valence-electron chi connectivity index (χ2n) is 3.78. The van der Waals surface area contributed by atoms with Crippen LogP contribution in [0, 0.1) is 5.41 Å². The maximum absolute atomic E-state index is 5.41. The summed E-state index contributed by atoms with van der Waals surface area (Å²) in [6, 6.07) is 0. The van der Waals surface area contributed by atoms with Crippen LogP contribution in [0.15, 0.2) is 28.8 Å². The van der Waals surface area contributed by atoms with Crippen LogP contribution >= 0.6 is 0 Å². The largest absolute Gasteiger partial charge is 0.484 e. The smallest absolute Gasteiger partial charge is 0.256 e. The quantitative estimate of drug-likeness (QED) is 0.568. The van der Waals surface area contributed by atoms with Crippen molar-refractivity contribution in [2.24, 2.45) is 10.4 Å². The zero-order chi connectivity index (χ0) is 9.31. The van der Waals surface area contributed by atoms with E-state index in [-0.39, 0.29) is 5.41 Å². The van der Waals surface area contributed by atoms with Crippen LogP contribution in [-0.2, 0) is 9.47 Å². The van der Waals surface area contributed by atoms with E-state index in [1.807, 2.05) is 12.3 Å². The molecule has 0 amide bonds.